The van der Waals surface area contributed by atoms with Gasteiger partial charge in [0, 0.05) is 24.4 Å². The molecule has 0 saturated carbocycles. The van der Waals surface area contributed by atoms with Gasteiger partial charge in [0.2, 0.25) is 0 Å². The van der Waals surface area contributed by atoms with Crippen LogP contribution in [0, 0.1) is 19.8 Å². The zero-order chi connectivity index (χ0) is 14.1. The van der Waals surface area contributed by atoms with Crippen LogP contribution in [-0.2, 0) is 16.0 Å². The van der Waals surface area contributed by atoms with Gasteiger partial charge in [0.05, 0.1) is 13.2 Å². The monoisotopic (exact) mass is 273 g/mol. The Morgan fingerprint density at radius 1 is 1.20 bits per heavy atom. The van der Waals surface area contributed by atoms with Gasteiger partial charge in [-0.15, -0.1) is 0 Å². The molecule has 0 spiro atoms. The second-order valence-electron chi connectivity index (χ2n) is 6.28. The van der Waals surface area contributed by atoms with Gasteiger partial charge in [-0.25, -0.2) is 0 Å². The molecular formula is C17H23NO2. The van der Waals surface area contributed by atoms with Gasteiger partial charge in [0.25, 0.3) is 0 Å². The minimum Gasteiger partial charge on any atom is -0.378 e. The lowest BCUT2D eigenvalue weighted by molar-refractivity contribution is -0.125. The number of piperidine rings is 1. The Morgan fingerprint density at radius 3 is 2.40 bits per heavy atom. The van der Waals surface area contributed by atoms with Crippen LogP contribution in [0.15, 0.2) is 18.2 Å². The summed E-state index contributed by atoms with van der Waals surface area (Å²) < 4.78 is 5.55. The average molecular weight is 273 g/mol. The molecule has 2 fully saturated rings. The first-order valence-electron chi connectivity index (χ1n) is 7.55. The zero-order valence-electron chi connectivity index (χ0n) is 12.3. The highest BCUT2D eigenvalue weighted by atomic mass is 16.5. The standard InChI is InChI=1S/C17H23NO2/c1-11-4-3-5-12(2)16(11)8-17(19)13-6-14-9-20-10-15(7-13)18-14/h3-5,13-15,18H,6-10H2,1-2H3. The first-order chi connectivity index (χ1) is 9.63. The SMILES string of the molecule is Cc1cccc(C)c1CC(=O)C1CC2COCC(C1)N2. The Kier molecular flexibility index (Phi) is 3.90. The Morgan fingerprint density at radius 2 is 1.80 bits per heavy atom. The molecule has 2 bridgehead atoms. The van der Waals surface area contributed by atoms with Crippen molar-refractivity contribution in [1.82, 2.24) is 5.32 Å². The number of morpholine rings is 1. The molecule has 20 heavy (non-hydrogen) atoms. The number of rotatable bonds is 3. The van der Waals surface area contributed by atoms with Crippen molar-refractivity contribution in [1.29, 1.82) is 0 Å². The van der Waals surface area contributed by atoms with Crippen LogP contribution in [0.3, 0.4) is 0 Å². The Bertz CT molecular complexity index is 479. The summed E-state index contributed by atoms with van der Waals surface area (Å²) in [5.41, 5.74) is 3.68. The number of hydrogen-bond donors (Lipinski definition) is 1. The molecule has 2 atom stereocenters. The maximum absolute atomic E-state index is 12.6. The molecule has 3 nitrogen and oxygen atoms in total. The fraction of sp³-hybridized carbons (Fsp3) is 0.588. The van der Waals surface area contributed by atoms with Gasteiger partial charge < -0.3 is 10.1 Å². The molecule has 0 amide bonds. The number of nitrogens with one attached hydrogen (secondary N) is 1. The van der Waals surface area contributed by atoms with E-state index in [1.807, 2.05) is 0 Å². The maximum atomic E-state index is 12.6. The number of fused-ring (bicyclic) bond motifs is 2. The number of ether oxygens (including phenoxy) is 1. The third kappa shape index (κ3) is 2.79. The average Bonchev–Trinajstić information content (AvgIpc) is 2.42. The van der Waals surface area contributed by atoms with E-state index in [9.17, 15) is 4.79 Å². The lowest BCUT2D eigenvalue weighted by Crippen LogP contribution is -2.55. The lowest BCUT2D eigenvalue weighted by atomic mass is 9.81. The van der Waals surface area contributed by atoms with Gasteiger partial charge in [0.1, 0.15) is 5.78 Å². The van der Waals surface area contributed by atoms with E-state index in [0.29, 0.717) is 24.3 Å². The third-order valence-electron chi connectivity index (χ3n) is 4.70. The number of carbonyl (C=O) groups is 1. The highest BCUT2D eigenvalue weighted by molar-refractivity contribution is 5.84. The molecule has 2 saturated heterocycles. The van der Waals surface area contributed by atoms with E-state index in [2.05, 4.69) is 37.4 Å². The Hall–Kier alpha value is -1.19. The van der Waals surface area contributed by atoms with Crippen LogP contribution in [0.2, 0.25) is 0 Å². The molecule has 0 aromatic heterocycles. The van der Waals surface area contributed by atoms with Crippen molar-refractivity contribution in [2.75, 3.05) is 13.2 Å². The van der Waals surface area contributed by atoms with Gasteiger partial charge >= 0.3 is 0 Å². The Balaban J connectivity index is 1.70. The predicted octanol–water partition coefficient (Wildman–Crippen LogP) is 2.18. The molecule has 3 heteroatoms. The molecule has 3 rings (SSSR count). The van der Waals surface area contributed by atoms with Crippen LogP contribution < -0.4 is 5.32 Å². The van der Waals surface area contributed by atoms with Crippen LogP contribution in [0.1, 0.15) is 29.5 Å². The lowest BCUT2D eigenvalue weighted by Gasteiger charge is -2.39. The maximum Gasteiger partial charge on any atom is 0.140 e. The summed E-state index contributed by atoms with van der Waals surface area (Å²) in [7, 11) is 0. The van der Waals surface area contributed by atoms with E-state index < -0.39 is 0 Å². The summed E-state index contributed by atoms with van der Waals surface area (Å²) >= 11 is 0. The molecule has 1 aromatic carbocycles. The Labute approximate surface area is 120 Å². The van der Waals surface area contributed by atoms with Crippen molar-refractivity contribution in [3.05, 3.63) is 34.9 Å². The second kappa shape index (κ2) is 5.66. The van der Waals surface area contributed by atoms with E-state index in [4.69, 9.17) is 4.74 Å². The summed E-state index contributed by atoms with van der Waals surface area (Å²) in [5, 5.41) is 3.55. The molecule has 108 valence electrons. The van der Waals surface area contributed by atoms with Crippen molar-refractivity contribution < 1.29 is 9.53 Å². The summed E-state index contributed by atoms with van der Waals surface area (Å²) in [4.78, 5) is 12.6. The number of ketones is 1. The quantitative estimate of drug-likeness (QED) is 0.917. The fourth-order valence-electron chi connectivity index (χ4n) is 3.55. The summed E-state index contributed by atoms with van der Waals surface area (Å²) in [6.45, 7) is 5.70. The summed E-state index contributed by atoms with van der Waals surface area (Å²) in [5.74, 6) is 0.606. The van der Waals surface area contributed by atoms with Crippen molar-refractivity contribution >= 4 is 5.78 Å². The minimum absolute atomic E-state index is 0.203. The molecule has 2 heterocycles. The van der Waals surface area contributed by atoms with Gasteiger partial charge in [-0.1, -0.05) is 18.2 Å². The van der Waals surface area contributed by atoms with E-state index in [1.165, 1.54) is 16.7 Å². The number of carbonyl (C=O) groups excluding carboxylic acids is 1. The van der Waals surface area contributed by atoms with Gasteiger partial charge in [-0.2, -0.15) is 0 Å². The number of Topliss-reactive ketones (excluding diaryl/α,β-unsaturated/α-hetero) is 1. The normalized spacial score (nSPS) is 29.2. The van der Waals surface area contributed by atoms with E-state index >= 15 is 0 Å². The van der Waals surface area contributed by atoms with Crippen LogP contribution in [0.4, 0.5) is 0 Å². The van der Waals surface area contributed by atoms with Crippen molar-refractivity contribution in [2.45, 2.75) is 45.2 Å². The van der Waals surface area contributed by atoms with E-state index in [0.717, 1.165) is 26.1 Å². The van der Waals surface area contributed by atoms with Crippen LogP contribution >= 0.6 is 0 Å². The molecule has 1 aromatic rings. The third-order valence-corrected chi connectivity index (χ3v) is 4.70. The topological polar surface area (TPSA) is 38.3 Å². The van der Waals surface area contributed by atoms with Crippen LogP contribution in [0.25, 0.3) is 0 Å². The van der Waals surface area contributed by atoms with Crippen LogP contribution in [0.5, 0.6) is 0 Å². The predicted molar refractivity (Wildman–Crippen MR) is 78.9 cm³/mol. The molecule has 2 aliphatic heterocycles. The van der Waals surface area contributed by atoms with Crippen LogP contribution in [-0.4, -0.2) is 31.1 Å². The van der Waals surface area contributed by atoms with E-state index in [1.54, 1.807) is 0 Å². The first kappa shape index (κ1) is 13.8. The highest BCUT2D eigenvalue weighted by Crippen LogP contribution is 2.26. The number of hydrogen-bond acceptors (Lipinski definition) is 3. The zero-order valence-corrected chi connectivity index (χ0v) is 12.3. The van der Waals surface area contributed by atoms with Gasteiger partial charge in [-0.3, -0.25) is 4.79 Å². The van der Waals surface area contributed by atoms with Crippen molar-refractivity contribution in [3.8, 4) is 0 Å². The van der Waals surface area contributed by atoms with Crippen molar-refractivity contribution in [3.63, 3.8) is 0 Å². The van der Waals surface area contributed by atoms with Gasteiger partial charge in [-0.05, 0) is 43.4 Å². The van der Waals surface area contributed by atoms with Gasteiger partial charge in [0.15, 0.2) is 0 Å². The number of benzene rings is 1. The largest absolute Gasteiger partial charge is 0.378 e. The molecule has 0 aliphatic carbocycles. The smallest absolute Gasteiger partial charge is 0.140 e. The molecule has 2 unspecified atom stereocenters. The molecule has 1 N–H and O–H groups in total. The number of aryl methyl sites for hydroxylation is 2. The minimum atomic E-state index is 0.203. The molecular weight excluding hydrogens is 250 g/mol. The molecule has 0 radical (unpaired) electrons. The highest BCUT2D eigenvalue weighted by Gasteiger charge is 2.35. The van der Waals surface area contributed by atoms with Crippen molar-refractivity contribution in [2.24, 2.45) is 5.92 Å². The molecule has 2 aliphatic rings. The fourth-order valence-corrected chi connectivity index (χ4v) is 3.55. The first-order valence-corrected chi connectivity index (χ1v) is 7.55. The summed E-state index contributed by atoms with van der Waals surface area (Å²) in [6.07, 6.45) is 2.45. The van der Waals surface area contributed by atoms with E-state index in [-0.39, 0.29) is 5.92 Å². The summed E-state index contributed by atoms with van der Waals surface area (Å²) in [6, 6.07) is 7.00. The second-order valence-corrected chi connectivity index (χ2v) is 6.28.